The maximum Gasteiger partial charge on any atom is 0.229 e. The lowest BCUT2D eigenvalue weighted by Crippen LogP contribution is -2.25. The molecule has 6 heteroatoms. The number of aromatic amines is 1. The maximum absolute atomic E-state index is 11.5. The lowest BCUT2D eigenvalue weighted by Gasteiger charge is -2.12. The van der Waals surface area contributed by atoms with E-state index in [-0.39, 0.29) is 10.7 Å². The summed E-state index contributed by atoms with van der Waals surface area (Å²) in [6.07, 6.45) is 1.88. The predicted molar refractivity (Wildman–Crippen MR) is 53.0 cm³/mol. The normalized spacial score (nSPS) is 21.3. The fraction of sp³-hybridized carbons (Fsp3) is 0.375. The Labute approximate surface area is 88.8 Å². The molecule has 1 amide bonds. The lowest BCUT2D eigenvalue weighted by atomic mass is 10.3. The van der Waals surface area contributed by atoms with Crippen molar-refractivity contribution in [2.75, 3.05) is 11.4 Å². The molecule has 2 heterocycles. The molecule has 0 aliphatic carbocycles. The van der Waals surface area contributed by atoms with E-state index in [2.05, 4.69) is 26.1 Å². The standard InChI is InChI=1S/C8H7BrN4O/c9-6-1-7(14)13(4-6)8-5(2-10)3-11-12-8/h3,6H,1,4H2,(H,11,12). The van der Waals surface area contributed by atoms with Crippen LogP contribution in [0.4, 0.5) is 5.82 Å². The highest BCUT2D eigenvalue weighted by atomic mass is 79.9. The number of amides is 1. The predicted octanol–water partition coefficient (Wildman–Crippen LogP) is 0.782. The van der Waals surface area contributed by atoms with Crippen molar-refractivity contribution >= 4 is 27.7 Å². The highest BCUT2D eigenvalue weighted by molar-refractivity contribution is 9.09. The van der Waals surface area contributed by atoms with Crippen LogP contribution in [0.25, 0.3) is 0 Å². The van der Waals surface area contributed by atoms with Crippen LogP contribution >= 0.6 is 15.9 Å². The molecule has 0 spiro atoms. The van der Waals surface area contributed by atoms with Crippen molar-refractivity contribution in [1.82, 2.24) is 10.2 Å². The van der Waals surface area contributed by atoms with Crippen LogP contribution in [0.3, 0.4) is 0 Å². The first-order valence-corrected chi connectivity index (χ1v) is 5.02. The highest BCUT2D eigenvalue weighted by Crippen LogP contribution is 2.25. The second-order valence-corrected chi connectivity index (χ2v) is 4.34. The third-order valence-electron chi connectivity index (χ3n) is 2.09. The fourth-order valence-corrected chi connectivity index (χ4v) is 2.01. The van der Waals surface area contributed by atoms with Gasteiger partial charge in [0, 0.05) is 17.8 Å². The second kappa shape index (κ2) is 3.42. The zero-order chi connectivity index (χ0) is 10.1. The zero-order valence-corrected chi connectivity index (χ0v) is 8.78. The van der Waals surface area contributed by atoms with Crippen LogP contribution in [0.1, 0.15) is 12.0 Å². The van der Waals surface area contributed by atoms with Gasteiger partial charge in [-0.3, -0.25) is 14.8 Å². The summed E-state index contributed by atoms with van der Waals surface area (Å²) < 4.78 is 0. The van der Waals surface area contributed by atoms with Crippen LogP contribution in [0.5, 0.6) is 0 Å². The van der Waals surface area contributed by atoms with Gasteiger partial charge in [-0.1, -0.05) is 15.9 Å². The Kier molecular flexibility index (Phi) is 2.25. The number of rotatable bonds is 1. The molecule has 1 aromatic rings. The van der Waals surface area contributed by atoms with Gasteiger partial charge in [-0.25, -0.2) is 0 Å². The molecule has 14 heavy (non-hydrogen) atoms. The average Bonchev–Trinajstić information content (AvgIpc) is 2.71. The van der Waals surface area contributed by atoms with E-state index in [1.54, 1.807) is 4.90 Å². The van der Waals surface area contributed by atoms with E-state index < -0.39 is 0 Å². The molecule has 1 aliphatic heterocycles. The first-order valence-electron chi connectivity index (χ1n) is 4.10. The Morgan fingerprint density at radius 2 is 2.57 bits per heavy atom. The van der Waals surface area contributed by atoms with Crippen molar-refractivity contribution in [3.8, 4) is 6.07 Å². The van der Waals surface area contributed by atoms with E-state index in [4.69, 9.17) is 5.26 Å². The number of nitrogens with zero attached hydrogens (tertiary/aromatic N) is 3. The summed E-state index contributed by atoms with van der Waals surface area (Å²) in [6.45, 7) is 0.579. The summed E-state index contributed by atoms with van der Waals surface area (Å²) in [5.41, 5.74) is 0.403. The van der Waals surface area contributed by atoms with Crippen LogP contribution < -0.4 is 4.90 Å². The number of alkyl halides is 1. The van der Waals surface area contributed by atoms with Crippen molar-refractivity contribution in [2.45, 2.75) is 11.2 Å². The summed E-state index contributed by atoms with van der Waals surface area (Å²) in [4.78, 5) is 13.2. The third-order valence-corrected chi connectivity index (χ3v) is 2.70. The number of hydrogen-bond donors (Lipinski definition) is 1. The Morgan fingerprint density at radius 3 is 3.14 bits per heavy atom. The van der Waals surface area contributed by atoms with Gasteiger partial charge in [-0.05, 0) is 0 Å². The molecule has 1 unspecified atom stereocenters. The van der Waals surface area contributed by atoms with Gasteiger partial charge in [-0.15, -0.1) is 0 Å². The number of hydrogen-bond acceptors (Lipinski definition) is 3. The molecule has 0 bridgehead atoms. The molecule has 2 rings (SSSR count). The monoisotopic (exact) mass is 254 g/mol. The molecule has 1 atom stereocenters. The number of nitrogens with one attached hydrogen (secondary N) is 1. The first-order chi connectivity index (χ1) is 6.72. The molecule has 1 aromatic heterocycles. The fourth-order valence-electron chi connectivity index (χ4n) is 1.45. The second-order valence-electron chi connectivity index (χ2n) is 3.05. The quantitative estimate of drug-likeness (QED) is 0.753. The van der Waals surface area contributed by atoms with Gasteiger partial charge in [0.25, 0.3) is 0 Å². The lowest BCUT2D eigenvalue weighted by molar-refractivity contribution is -0.117. The summed E-state index contributed by atoms with van der Waals surface area (Å²) in [6, 6.07) is 1.98. The van der Waals surface area contributed by atoms with Crippen molar-refractivity contribution in [2.24, 2.45) is 0 Å². The molecule has 0 radical (unpaired) electrons. The van der Waals surface area contributed by atoms with E-state index in [1.807, 2.05) is 6.07 Å². The van der Waals surface area contributed by atoms with Crippen LogP contribution in [-0.2, 0) is 4.79 Å². The molecular formula is C8H7BrN4O. The number of carbonyl (C=O) groups is 1. The van der Waals surface area contributed by atoms with Crippen molar-refractivity contribution in [3.05, 3.63) is 11.8 Å². The SMILES string of the molecule is N#Cc1cn[nH]c1N1CC(Br)CC1=O. The molecule has 0 aromatic carbocycles. The first kappa shape index (κ1) is 9.21. The zero-order valence-electron chi connectivity index (χ0n) is 7.20. The number of nitriles is 1. The van der Waals surface area contributed by atoms with E-state index in [0.29, 0.717) is 24.3 Å². The molecule has 0 saturated carbocycles. The molecule has 1 fully saturated rings. The average molecular weight is 255 g/mol. The van der Waals surface area contributed by atoms with E-state index in [9.17, 15) is 4.79 Å². The summed E-state index contributed by atoms with van der Waals surface area (Å²) in [7, 11) is 0. The van der Waals surface area contributed by atoms with E-state index >= 15 is 0 Å². The van der Waals surface area contributed by atoms with Crippen LogP contribution in [0.2, 0.25) is 0 Å². The van der Waals surface area contributed by atoms with Crippen molar-refractivity contribution in [1.29, 1.82) is 5.26 Å². The largest absolute Gasteiger partial charge is 0.295 e. The highest BCUT2D eigenvalue weighted by Gasteiger charge is 2.31. The van der Waals surface area contributed by atoms with Gasteiger partial charge in [0.05, 0.1) is 6.20 Å². The Balaban J connectivity index is 2.32. The third kappa shape index (κ3) is 1.40. The van der Waals surface area contributed by atoms with Gasteiger partial charge in [0.2, 0.25) is 5.91 Å². The van der Waals surface area contributed by atoms with Crippen LogP contribution in [0.15, 0.2) is 6.20 Å². The molecule has 72 valence electrons. The number of aromatic nitrogens is 2. The minimum absolute atomic E-state index is 0.00706. The van der Waals surface area contributed by atoms with Gasteiger partial charge in [0.15, 0.2) is 0 Å². The van der Waals surface area contributed by atoms with Crippen molar-refractivity contribution in [3.63, 3.8) is 0 Å². The molecule has 1 N–H and O–H groups in total. The smallest absolute Gasteiger partial charge is 0.229 e. The van der Waals surface area contributed by atoms with E-state index in [1.165, 1.54) is 6.20 Å². The number of H-pyrrole nitrogens is 1. The topological polar surface area (TPSA) is 72.8 Å². The number of carbonyl (C=O) groups excluding carboxylic acids is 1. The minimum atomic E-state index is 0.00706. The summed E-state index contributed by atoms with van der Waals surface area (Å²) in [5.74, 6) is 0.507. The summed E-state index contributed by atoms with van der Waals surface area (Å²) in [5, 5.41) is 15.2. The van der Waals surface area contributed by atoms with Gasteiger partial charge in [-0.2, -0.15) is 10.4 Å². The molecular weight excluding hydrogens is 248 g/mol. The molecule has 1 saturated heterocycles. The Bertz CT molecular complexity index is 408. The van der Waals surface area contributed by atoms with Crippen LogP contribution in [0, 0.1) is 11.3 Å². The Hall–Kier alpha value is -1.35. The molecule has 5 nitrogen and oxygen atoms in total. The van der Waals surface area contributed by atoms with Gasteiger partial charge >= 0.3 is 0 Å². The van der Waals surface area contributed by atoms with Gasteiger partial charge in [0.1, 0.15) is 17.5 Å². The van der Waals surface area contributed by atoms with E-state index in [0.717, 1.165) is 0 Å². The minimum Gasteiger partial charge on any atom is -0.295 e. The summed E-state index contributed by atoms with van der Waals surface area (Å²) >= 11 is 3.37. The Morgan fingerprint density at radius 1 is 1.79 bits per heavy atom. The number of halogens is 1. The van der Waals surface area contributed by atoms with Crippen LogP contribution in [-0.4, -0.2) is 27.5 Å². The maximum atomic E-state index is 11.5. The number of anilines is 1. The van der Waals surface area contributed by atoms with Crippen molar-refractivity contribution < 1.29 is 4.79 Å². The van der Waals surface area contributed by atoms with Gasteiger partial charge < -0.3 is 0 Å². The molecule has 1 aliphatic rings.